The first-order valence-corrected chi connectivity index (χ1v) is 6.45. The van der Waals surface area contributed by atoms with Crippen LogP contribution in [0.1, 0.15) is 40.5 Å². The number of anilines is 1. The summed E-state index contributed by atoms with van der Waals surface area (Å²) in [7, 11) is 0. The first kappa shape index (κ1) is 15.9. The van der Waals surface area contributed by atoms with Gasteiger partial charge < -0.3 is 14.9 Å². The van der Waals surface area contributed by atoms with Gasteiger partial charge in [-0.05, 0) is 32.1 Å². The Kier molecular flexibility index (Phi) is 5.06. The number of hydrogen-bond donors (Lipinski definition) is 1. The third-order valence-electron chi connectivity index (χ3n) is 2.30. The van der Waals surface area contributed by atoms with Gasteiger partial charge in [0.25, 0.3) is 0 Å². The number of carbonyl (C=O) groups is 1. The van der Waals surface area contributed by atoms with Crippen LogP contribution in [0.3, 0.4) is 0 Å². The summed E-state index contributed by atoms with van der Waals surface area (Å²) in [5.41, 5.74) is -0.638. The lowest BCUT2D eigenvalue weighted by Gasteiger charge is -2.18. The van der Waals surface area contributed by atoms with E-state index in [1.807, 2.05) is 6.92 Å². The number of carbonyl (C=O) groups excluding carboxylic acids is 1. The van der Waals surface area contributed by atoms with Crippen molar-refractivity contribution in [2.75, 3.05) is 5.32 Å². The van der Waals surface area contributed by atoms with E-state index in [4.69, 9.17) is 4.74 Å². The second kappa shape index (κ2) is 6.36. The normalized spacial score (nSPS) is 11.2. The van der Waals surface area contributed by atoms with E-state index in [9.17, 15) is 14.9 Å². The van der Waals surface area contributed by atoms with E-state index in [0.717, 1.165) is 12.8 Å². The maximum Gasteiger partial charge on any atom is 0.413 e. The smallest absolute Gasteiger partial charge is 0.413 e. The van der Waals surface area contributed by atoms with Crippen molar-refractivity contribution < 1.29 is 14.5 Å². The zero-order chi connectivity index (χ0) is 15.3. The highest BCUT2D eigenvalue weighted by atomic mass is 16.6. The van der Waals surface area contributed by atoms with E-state index < -0.39 is 16.6 Å². The molecule has 0 aliphatic carbocycles. The number of rotatable bonds is 5. The summed E-state index contributed by atoms with van der Waals surface area (Å²) >= 11 is 0. The predicted octanol–water partition coefficient (Wildman–Crippen LogP) is 2.94. The van der Waals surface area contributed by atoms with Crippen molar-refractivity contribution in [1.82, 2.24) is 9.78 Å². The van der Waals surface area contributed by atoms with Crippen molar-refractivity contribution in [3.63, 3.8) is 0 Å². The molecule has 112 valence electrons. The summed E-state index contributed by atoms with van der Waals surface area (Å²) < 4.78 is 6.34. The molecule has 0 atom stereocenters. The molecule has 0 aliphatic heterocycles. The van der Waals surface area contributed by atoms with E-state index >= 15 is 0 Å². The van der Waals surface area contributed by atoms with Crippen LogP contribution in [0.4, 0.5) is 16.4 Å². The molecule has 0 radical (unpaired) electrons. The lowest BCUT2D eigenvalue weighted by molar-refractivity contribution is -0.392. The molecule has 8 nitrogen and oxygen atoms in total. The Balaban J connectivity index is 2.81. The van der Waals surface area contributed by atoms with Gasteiger partial charge in [0, 0.05) is 0 Å². The monoisotopic (exact) mass is 284 g/mol. The molecule has 0 fully saturated rings. The Morgan fingerprint density at radius 2 is 2.20 bits per heavy atom. The largest absolute Gasteiger partial charge is 0.444 e. The van der Waals surface area contributed by atoms with E-state index in [2.05, 4.69) is 10.4 Å². The number of ether oxygens (including phenoxy) is 1. The zero-order valence-electron chi connectivity index (χ0n) is 12.2. The van der Waals surface area contributed by atoms with E-state index in [-0.39, 0.29) is 11.6 Å². The van der Waals surface area contributed by atoms with Crippen molar-refractivity contribution in [2.24, 2.45) is 0 Å². The van der Waals surface area contributed by atoms with Crippen molar-refractivity contribution >= 4 is 17.7 Å². The molecular formula is C12H20N4O4. The van der Waals surface area contributed by atoms with Gasteiger partial charge in [-0.3, -0.25) is 5.32 Å². The molecule has 0 aromatic carbocycles. The van der Waals surface area contributed by atoms with Gasteiger partial charge >= 0.3 is 11.9 Å². The summed E-state index contributed by atoms with van der Waals surface area (Å²) in [6.07, 6.45) is 0.979. The van der Waals surface area contributed by atoms with Gasteiger partial charge in [0.05, 0.1) is 6.07 Å². The van der Waals surface area contributed by atoms with Crippen molar-refractivity contribution in [1.29, 1.82) is 0 Å². The van der Waals surface area contributed by atoms with Gasteiger partial charge in [0.2, 0.25) is 0 Å². The maximum absolute atomic E-state index is 11.6. The number of aromatic nitrogens is 2. The van der Waals surface area contributed by atoms with E-state index in [1.165, 1.54) is 10.7 Å². The molecule has 0 saturated carbocycles. The molecule has 1 aromatic rings. The Bertz CT molecular complexity index is 490. The Labute approximate surface area is 117 Å². The summed E-state index contributed by atoms with van der Waals surface area (Å²) in [5, 5.41) is 17.3. The van der Waals surface area contributed by atoms with Crippen LogP contribution in [0.25, 0.3) is 0 Å². The van der Waals surface area contributed by atoms with Crippen LogP contribution in [-0.4, -0.2) is 26.4 Å². The quantitative estimate of drug-likeness (QED) is 0.662. The number of hydrogen-bond acceptors (Lipinski definition) is 5. The van der Waals surface area contributed by atoms with Gasteiger partial charge in [-0.2, -0.15) is 0 Å². The molecule has 1 N–H and O–H groups in total. The molecule has 1 aromatic heterocycles. The topological polar surface area (TPSA) is 99.3 Å². The van der Waals surface area contributed by atoms with Crippen LogP contribution in [0, 0.1) is 10.1 Å². The lowest BCUT2D eigenvalue weighted by atomic mass is 10.2. The second-order valence-electron chi connectivity index (χ2n) is 5.35. The molecule has 0 saturated heterocycles. The average molecular weight is 284 g/mol. The number of unbranched alkanes of at least 4 members (excludes halogenated alkanes) is 1. The van der Waals surface area contributed by atoms with E-state index in [1.54, 1.807) is 20.8 Å². The van der Waals surface area contributed by atoms with Gasteiger partial charge in [-0.15, -0.1) is 4.68 Å². The van der Waals surface area contributed by atoms with E-state index in [0.29, 0.717) is 6.54 Å². The van der Waals surface area contributed by atoms with Gasteiger partial charge in [0.1, 0.15) is 12.1 Å². The van der Waals surface area contributed by atoms with Crippen LogP contribution < -0.4 is 5.32 Å². The Hall–Kier alpha value is -2.12. The van der Waals surface area contributed by atoms with Crippen LogP contribution in [0.2, 0.25) is 0 Å². The molecule has 8 heteroatoms. The van der Waals surface area contributed by atoms with Crippen molar-refractivity contribution in [2.45, 2.75) is 52.7 Å². The molecule has 1 heterocycles. The predicted molar refractivity (Wildman–Crippen MR) is 73.6 cm³/mol. The fraction of sp³-hybridized carbons (Fsp3) is 0.667. The van der Waals surface area contributed by atoms with Gasteiger partial charge in [0.15, 0.2) is 5.82 Å². The highest BCUT2D eigenvalue weighted by molar-refractivity contribution is 5.83. The van der Waals surface area contributed by atoms with Crippen LogP contribution in [-0.2, 0) is 11.3 Å². The minimum atomic E-state index is -0.687. The Morgan fingerprint density at radius 3 is 2.70 bits per heavy atom. The summed E-state index contributed by atoms with van der Waals surface area (Å²) in [5.74, 6) is -0.0356. The van der Waals surface area contributed by atoms with Crippen molar-refractivity contribution in [3.05, 3.63) is 16.2 Å². The standard InChI is InChI=1S/C12H20N4O4/c1-5-6-7-15-10(16(18)19)8-9(14-15)13-11(17)20-12(2,3)4/h8H,5-7H2,1-4H3,(H,13,14,17). The molecule has 0 unspecified atom stereocenters. The average Bonchev–Trinajstić information content (AvgIpc) is 2.66. The minimum absolute atomic E-state index is 0.113. The number of nitrogens with one attached hydrogen (secondary N) is 1. The minimum Gasteiger partial charge on any atom is -0.444 e. The molecule has 20 heavy (non-hydrogen) atoms. The molecule has 1 amide bonds. The molecule has 1 rings (SSSR count). The van der Waals surface area contributed by atoms with Gasteiger partial charge in [-0.1, -0.05) is 18.4 Å². The lowest BCUT2D eigenvalue weighted by Crippen LogP contribution is -2.27. The van der Waals surface area contributed by atoms with Crippen LogP contribution in [0.15, 0.2) is 6.07 Å². The van der Waals surface area contributed by atoms with Crippen molar-refractivity contribution in [3.8, 4) is 0 Å². The number of amides is 1. The molecule has 0 bridgehead atoms. The highest BCUT2D eigenvalue weighted by Crippen LogP contribution is 2.19. The fourth-order valence-corrected chi connectivity index (χ4v) is 1.50. The van der Waals surface area contributed by atoms with Crippen LogP contribution >= 0.6 is 0 Å². The Morgan fingerprint density at radius 1 is 1.55 bits per heavy atom. The number of aryl methyl sites for hydroxylation is 1. The molecular weight excluding hydrogens is 264 g/mol. The fourth-order valence-electron chi connectivity index (χ4n) is 1.50. The molecule has 0 aliphatic rings. The van der Waals surface area contributed by atoms with Crippen LogP contribution in [0.5, 0.6) is 0 Å². The zero-order valence-corrected chi connectivity index (χ0v) is 12.2. The number of nitro groups is 1. The third kappa shape index (κ3) is 4.87. The summed E-state index contributed by atoms with van der Waals surface area (Å²) in [4.78, 5) is 22.0. The SMILES string of the molecule is CCCCn1nc(NC(=O)OC(C)(C)C)cc1[N+](=O)[O-]. The second-order valence-corrected chi connectivity index (χ2v) is 5.35. The first-order chi connectivity index (χ1) is 9.23. The van der Waals surface area contributed by atoms with Gasteiger partial charge in [-0.25, -0.2) is 4.79 Å². The first-order valence-electron chi connectivity index (χ1n) is 6.45. The number of nitrogens with zero attached hydrogens (tertiary/aromatic N) is 3. The third-order valence-corrected chi connectivity index (χ3v) is 2.30. The highest BCUT2D eigenvalue weighted by Gasteiger charge is 2.21. The molecule has 0 spiro atoms. The summed E-state index contributed by atoms with van der Waals surface area (Å²) in [6, 6.07) is 1.22. The summed E-state index contributed by atoms with van der Waals surface area (Å²) in [6.45, 7) is 7.61. The maximum atomic E-state index is 11.6.